The highest BCUT2D eigenvalue weighted by Gasteiger charge is 2.39. The Balaban J connectivity index is 1.60. The van der Waals surface area contributed by atoms with E-state index >= 15 is 0 Å². The monoisotopic (exact) mass is 490 g/mol. The molecule has 0 aromatic heterocycles. The molecule has 4 aromatic carbocycles. The van der Waals surface area contributed by atoms with Crippen LogP contribution in [0, 0.1) is 6.92 Å². The molecular weight excluding hydrogens is 460 g/mol. The van der Waals surface area contributed by atoms with Crippen molar-refractivity contribution in [2.45, 2.75) is 32.4 Å². The highest BCUT2D eigenvalue weighted by atomic mass is 16.5. The molecule has 0 fully saturated rings. The molecule has 0 aliphatic carbocycles. The number of rotatable bonds is 5. The lowest BCUT2D eigenvalue weighted by Crippen LogP contribution is -2.47. The van der Waals surface area contributed by atoms with E-state index in [0.29, 0.717) is 23.3 Å². The third-order valence-corrected chi connectivity index (χ3v) is 6.96. The smallest absolute Gasteiger partial charge is 0.258 e. The Morgan fingerprint density at radius 3 is 2.27 bits per heavy atom. The van der Waals surface area contributed by atoms with Gasteiger partial charge in [0.15, 0.2) is 0 Å². The molecule has 1 aliphatic rings. The summed E-state index contributed by atoms with van der Waals surface area (Å²) in [5.74, 6) is 0.477. The molecule has 1 aliphatic heterocycles. The Morgan fingerprint density at radius 2 is 1.54 bits per heavy atom. The number of amides is 2. The van der Waals surface area contributed by atoms with Crippen LogP contribution in [0.25, 0.3) is 0 Å². The average molecular weight is 491 g/mol. The number of methoxy groups -OCH3 is 1. The van der Waals surface area contributed by atoms with Crippen LogP contribution in [0.2, 0.25) is 0 Å². The minimum Gasteiger partial charge on any atom is -0.497 e. The predicted octanol–water partition coefficient (Wildman–Crippen LogP) is 6.83. The number of hydrogen-bond donors (Lipinski definition) is 0. The first-order valence-electron chi connectivity index (χ1n) is 12.5. The summed E-state index contributed by atoms with van der Waals surface area (Å²) in [7, 11) is 1.59. The van der Waals surface area contributed by atoms with Crippen molar-refractivity contribution in [3.05, 3.63) is 125 Å². The van der Waals surface area contributed by atoms with Crippen LogP contribution in [0.15, 0.2) is 103 Å². The van der Waals surface area contributed by atoms with Crippen molar-refractivity contribution < 1.29 is 14.3 Å². The quantitative estimate of drug-likeness (QED) is 0.308. The van der Waals surface area contributed by atoms with E-state index in [2.05, 4.69) is 0 Å². The molecule has 4 aromatic rings. The molecule has 0 spiro atoms. The Hall–Kier alpha value is -4.38. The van der Waals surface area contributed by atoms with Gasteiger partial charge < -0.3 is 14.5 Å². The van der Waals surface area contributed by atoms with Crippen molar-refractivity contribution in [3.8, 4) is 5.75 Å². The number of hydrogen-bond acceptors (Lipinski definition) is 3. The Labute approximate surface area is 217 Å². The van der Waals surface area contributed by atoms with Gasteiger partial charge in [0.1, 0.15) is 5.75 Å². The number of para-hydroxylation sites is 2. The van der Waals surface area contributed by atoms with Crippen molar-refractivity contribution >= 4 is 23.2 Å². The third-order valence-electron chi connectivity index (χ3n) is 6.96. The third kappa shape index (κ3) is 4.73. The van der Waals surface area contributed by atoms with Crippen LogP contribution in [-0.4, -0.2) is 25.0 Å². The molecule has 186 valence electrons. The number of aryl methyl sites for hydroxylation is 1. The molecule has 2 amide bonds. The number of anilines is 2. The van der Waals surface area contributed by atoms with Crippen molar-refractivity contribution in [1.29, 1.82) is 0 Å². The summed E-state index contributed by atoms with van der Waals surface area (Å²) in [6.45, 7) is 4.06. The van der Waals surface area contributed by atoms with E-state index in [-0.39, 0.29) is 23.9 Å². The fraction of sp³-hybridized carbons (Fsp3) is 0.188. The van der Waals surface area contributed by atoms with Gasteiger partial charge in [-0.3, -0.25) is 9.59 Å². The molecule has 0 saturated carbocycles. The fourth-order valence-electron chi connectivity index (χ4n) is 5.09. The molecule has 0 radical (unpaired) electrons. The van der Waals surface area contributed by atoms with E-state index in [1.165, 1.54) is 0 Å². The molecule has 5 heteroatoms. The number of nitrogens with zero attached hydrogens (tertiary/aromatic N) is 2. The number of benzene rings is 4. The maximum Gasteiger partial charge on any atom is 0.258 e. The van der Waals surface area contributed by atoms with Crippen LogP contribution < -0.4 is 14.5 Å². The van der Waals surface area contributed by atoms with Gasteiger partial charge in [-0.05, 0) is 74.4 Å². The fourth-order valence-corrected chi connectivity index (χ4v) is 5.09. The van der Waals surface area contributed by atoms with Gasteiger partial charge in [-0.25, -0.2) is 0 Å². The summed E-state index contributed by atoms with van der Waals surface area (Å²) in [5, 5.41) is 0. The van der Waals surface area contributed by atoms with Gasteiger partial charge in [-0.15, -0.1) is 0 Å². The summed E-state index contributed by atoms with van der Waals surface area (Å²) < 4.78 is 5.38. The number of ether oxygens (including phenoxy) is 1. The highest BCUT2D eigenvalue weighted by molar-refractivity contribution is 6.09. The summed E-state index contributed by atoms with van der Waals surface area (Å²) in [4.78, 5) is 31.5. The molecular formula is C32H30N2O3. The van der Waals surface area contributed by atoms with Crippen molar-refractivity contribution in [2.75, 3.05) is 16.9 Å². The molecule has 0 bridgehead atoms. The van der Waals surface area contributed by atoms with E-state index in [9.17, 15) is 9.59 Å². The van der Waals surface area contributed by atoms with Gasteiger partial charge in [-0.1, -0.05) is 60.2 Å². The first-order chi connectivity index (χ1) is 18.0. The predicted molar refractivity (Wildman–Crippen MR) is 147 cm³/mol. The highest BCUT2D eigenvalue weighted by Crippen LogP contribution is 2.43. The van der Waals surface area contributed by atoms with Crippen molar-refractivity contribution in [3.63, 3.8) is 0 Å². The summed E-state index contributed by atoms with van der Waals surface area (Å²) in [6.07, 6.45) is 0.596. The minimum absolute atomic E-state index is 0.0382. The maximum absolute atomic E-state index is 14.1. The van der Waals surface area contributed by atoms with Crippen LogP contribution in [-0.2, 0) is 0 Å². The van der Waals surface area contributed by atoms with Crippen LogP contribution in [0.5, 0.6) is 5.75 Å². The molecule has 2 atom stereocenters. The van der Waals surface area contributed by atoms with Gasteiger partial charge in [0.2, 0.25) is 0 Å². The van der Waals surface area contributed by atoms with Gasteiger partial charge in [0.05, 0.1) is 13.2 Å². The minimum atomic E-state index is -0.255. The van der Waals surface area contributed by atoms with E-state index in [0.717, 1.165) is 22.5 Å². The van der Waals surface area contributed by atoms with Gasteiger partial charge in [0, 0.05) is 28.5 Å². The van der Waals surface area contributed by atoms with Crippen LogP contribution >= 0.6 is 0 Å². The van der Waals surface area contributed by atoms with Gasteiger partial charge >= 0.3 is 0 Å². The van der Waals surface area contributed by atoms with E-state index < -0.39 is 0 Å². The number of carbonyl (C=O) groups excluding carboxylic acids is 2. The molecule has 5 rings (SSSR count). The molecule has 1 heterocycles. The van der Waals surface area contributed by atoms with Gasteiger partial charge in [0.25, 0.3) is 11.8 Å². The first kappa shape index (κ1) is 24.3. The molecule has 0 N–H and O–H groups in total. The topological polar surface area (TPSA) is 49.9 Å². The standard InChI is InChI=1S/C32H30N2O3/c1-22-16-18-24(19-17-22)31(35)33-23(2)20-30(28-14-7-8-15-29(28)33)34(26-11-5-4-6-12-26)32(36)25-10-9-13-27(21-25)37-3/h4-19,21,23,30H,20H2,1-3H3/t23-,30-/m1/s1. The maximum atomic E-state index is 14.1. The van der Waals surface area contributed by atoms with E-state index in [1.54, 1.807) is 13.2 Å². The van der Waals surface area contributed by atoms with Crippen molar-refractivity contribution in [2.24, 2.45) is 0 Å². The Bertz CT molecular complexity index is 1420. The molecule has 37 heavy (non-hydrogen) atoms. The zero-order valence-corrected chi connectivity index (χ0v) is 21.3. The van der Waals surface area contributed by atoms with E-state index in [4.69, 9.17) is 4.74 Å². The Kier molecular flexibility index (Phi) is 6.78. The second kappa shape index (κ2) is 10.3. The van der Waals surface area contributed by atoms with Crippen LogP contribution in [0.4, 0.5) is 11.4 Å². The van der Waals surface area contributed by atoms with Crippen molar-refractivity contribution in [1.82, 2.24) is 0 Å². The summed E-state index contributed by atoms with van der Waals surface area (Å²) in [6, 6.07) is 32.2. The largest absolute Gasteiger partial charge is 0.497 e. The lowest BCUT2D eigenvalue weighted by molar-refractivity contribution is 0.0965. The summed E-state index contributed by atoms with van der Waals surface area (Å²) >= 11 is 0. The lowest BCUT2D eigenvalue weighted by Gasteiger charge is -2.43. The number of carbonyl (C=O) groups is 2. The molecule has 0 unspecified atom stereocenters. The lowest BCUT2D eigenvalue weighted by atomic mass is 9.89. The average Bonchev–Trinajstić information content (AvgIpc) is 2.94. The van der Waals surface area contributed by atoms with E-state index in [1.807, 2.05) is 121 Å². The first-order valence-corrected chi connectivity index (χ1v) is 12.5. The summed E-state index contributed by atoms with van der Waals surface area (Å²) in [5.41, 5.74) is 4.89. The Morgan fingerprint density at radius 1 is 0.838 bits per heavy atom. The van der Waals surface area contributed by atoms with Gasteiger partial charge in [-0.2, -0.15) is 0 Å². The normalized spacial score (nSPS) is 16.6. The SMILES string of the molecule is COc1cccc(C(=O)N(c2ccccc2)[C@@H]2C[C@@H](C)N(C(=O)c3ccc(C)cc3)c3ccccc32)c1. The molecule has 0 saturated heterocycles. The second-order valence-corrected chi connectivity index (χ2v) is 9.44. The zero-order valence-electron chi connectivity index (χ0n) is 21.3. The number of fused-ring (bicyclic) bond motifs is 1. The van der Waals surface area contributed by atoms with Crippen LogP contribution in [0.3, 0.4) is 0 Å². The van der Waals surface area contributed by atoms with Crippen LogP contribution in [0.1, 0.15) is 51.2 Å². The second-order valence-electron chi connectivity index (χ2n) is 9.44. The molecule has 5 nitrogen and oxygen atoms in total. The zero-order chi connectivity index (χ0) is 25.9.